The zero-order valence-corrected chi connectivity index (χ0v) is 16.3. The number of benzene rings is 2. The average Bonchev–Trinajstić information content (AvgIpc) is 2.67. The van der Waals surface area contributed by atoms with Crippen molar-refractivity contribution in [2.45, 2.75) is 20.5 Å². The highest BCUT2D eigenvalue weighted by Crippen LogP contribution is 2.22. The van der Waals surface area contributed by atoms with Crippen LogP contribution >= 0.6 is 11.6 Å². The van der Waals surface area contributed by atoms with Crippen molar-refractivity contribution < 1.29 is 23.8 Å². The molecule has 0 aliphatic rings. The molecule has 0 radical (unpaired) electrons. The van der Waals surface area contributed by atoms with E-state index in [2.05, 4.69) is 5.32 Å². The van der Waals surface area contributed by atoms with Gasteiger partial charge in [-0.3, -0.25) is 4.79 Å². The number of anilines is 1. The minimum Gasteiger partial charge on any atom is -0.496 e. The van der Waals surface area contributed by atoms with E-state index < -0.39 is 18.5 Å². The molecule has 2 rings (SSSR count). The van der Waals surface area contributed by atoms with Crippen LogP contribution in [0.1, 0.15) is 28.4 Å². The molecule has 0 aliphatic carbocycles. The first-order valence-corrected chi connectivity index (χ1v) is 8.80. The van der Waals surface area contributed by atoms with E-state index in [1.165, 1.54) is 0 Å². The SMILES string of the molecule is CCOCc1cc(C(=O)OCC(=O)Nc2cc(Cl)ccc2C)ccc1OC. The lowest BCUT2D eigenvalue weighted by molar-refractivity contribution is -0.119. The first-order chi connectivity index (χ1) is 12.9. The molecule has 144 valence electrons. The van der Waals surface area contributed by atoms with Crippen LogP contribution in [-0.2, 0) is 20.9 Å². The molecule has 2 aromatic rings. The number of esters is 1. The standard InChI is InChI=1S/C20H22ClNO5/c1-4-26-11-15-9-14(6-8-18(15)25-3)20(24)27-12-19(23)22-17-10-16(21)7-5-13(17)2/h5-10H,4,11-12H2,1-3H3,(H,22,23). The Labute approximate surface area is 163 Å². The van der Waals surface area contributed by atoms with Gasteiger partial charge in [0, 0.05) is 22.9 Å². The van der Waals surface area contributed by atoms with Crippen LogP contribution in [0.2, 0.25) is 5.02 Å². The fourth-order valence-electron chi connectivity index (χ4n) is 2.36. The second-order valence-electron chi connectivity index (χ2n) is 5.75. The Morgan fingerprint density at radius 2 is 1.93 bits per heavy atom. The summed E-state index contributed by atoms with van der Waals surface area (Å²) in [4.78, 5) is 24.3. The van der Waals surface area contributed by atoms with Crippen LogP contribution in [0.3, 0.4) is 0 Å². The molecular formula is C20H22ClNO5. The van der Waals surface area contributed by atoms with Crippen molar-refractivity contribution in [1.82, 2.24) is 0 Å². The number of carbonyl (C=O) groups excluding carboxylic acids is 2. The highest BCUT2D eigenvalue weighted by Gasteiger charge is 2.14. The summed E-state index contributed by atoms with van der Waals surface area (Å²) < 4.78 is 15.7. The molecule has 7 heteroatoms. The van der Waals surface area contributed by atoms with Gasteiger partial charge in [0.1, 0.15) is 5.75 Å². The lowest BCUT2D eigenvalue weighted by Crippen LogP contribution is -2.21. The van der Waals surface area contributed by atoms with Crippen LogP contribution in [0.25, 0.3) is 0 Å². The Balaban J connectivity index is 1.98. The van der Waals surface area contributed by atoms with E-state index in [0.29, 0.717) is 35.2 Å². The van der Waals surface area contributed by atoms with Gasteiger partial charge in [0.15, 0.2) is 6.61 Å². The topological polar surface area (TPSA) is 73.9 Å². The van der Waals surface area contributed by atoms with E-state index in [0.717, 1.165) is 11.1 Å². The van der Waals surface area contributed by atoms with E-state index in [1.54, 1.807) is 43.5 Å². The third kappa shape index (κ3) is 5.98. The maximum atomic E-state index is 12.2. The lowest BCUT2D eigenvalue weighted by Gasteiger charge is -2.11. The summed E-state index contributed by atoms with van der Waals surface area (Å²) in [5, 5.41) is 3.18. The molecule has 0 bridgehead atoms. The Morgan fingerprint density at radius 1 is 1.15 bits per heavy atom. The third-order valence-corrected chi connectivity index (χ3v) is 4.02. The third-order valence-electron chi connectivity index (χ3n) is 3.79. The van der Waals surface area contributed by atoms with Crippen LogP contribution < -0.4 is 10.1 Å². The smallest absolute Gasteiger partial charge is 0.338 e. The van der Waals surface area contributed by atoms with Crippen LogP contribution in [0, 0.1) is 6.92 Å². The minimum atomic E-state index is -0.603. The molecule has 1 N–H and O–H groups in total. The van der Waals surface area contributed by atoms with Crippen molar-refractivity contribution in [3.63, 3.8) is 0 Å². The summed E-state index contributed by atoms with van der Waals surface area (Å²) in [6, 6.07) is 10.0. The van der Waals surface area contributed by atoms with Gasteiger partial charge in [-0.15, -0.1) is 0 Å². The number of ether oxygens (including phenoxy) is 3. The summed E-state index contributed by atoms with van der Waals surface area (Å²) >= 11 is 5.93. The van der Waals surface area contributed by atoms with Crippen molar-refractivity contribution in [3.8, 4) is 5.75 Å². The molecule has 0 saturated carbocycles. The highest BCUT2D eigenvalue weighted by molar-refractivity contribution is 6.31. The van der Waals surface area contributed by atoms with Gasteiger partial charge in [0.2, 0.25) is 0 Å². The van der Waals surface area contributed by atoms with Crippen molar-refractivity contribution >= 4 is 29.2 Å². The molecule has 27 heavy (non-hydrogen) atoms. The van der Waals surface area contributed by atoms with Crippen molar-refractivity contribution in [3.05, 3.63) is 58.1 Å². The van der Waals surface area contributed by atoms with Crippen molar-refractivity contribution in [2.24, 2.45) is 0 Å². The number of nitrogens with one attached hydrogen (secondary N) is 1. The fraction of sp³-hybridized carbons (Fsp3) is 0.300. The monoisotopic (exact) mass is 391 g/mol. The molecule has 0 fully saturated rings. The molecular weight excluding hydrogens is 370 g/mol. The molecule has 1 amide bonds. The van der Waals surface area contributed by atoms with E-state index in [9.17, 15) is 9.59 Å². The number of carbonyl (C=O) groups is 2. The van der Waals surface area contributed by atoms with Gasteiger partial charge in [0.25, 0.3) is 5.91 Å². The van der Waals surface area contributed by atoms with Gasteiger partial charge in [-0.1, -0.05) is 17.7 Å². The number of hydrogen-bond acceptors (Lipinski definition) is 5. The number of rotatable bonds is 8. The van der Waals surface area contributed by atoms with E-state index in [4.69, 9.17) is 25.8 Å². The first-order valence-electron chi connectivity index (χ1n) is 8.42. The second-order valence-corrected chi connectivity index (χ2v) is 6.18. The molecule has 0 saturated heterocycles. The number of halogens is 1. The number of methoxy groups -OCH3 is 1. The van der Waals surface area contributed by atoms with Gasteiger partial charge < -0.3 is 19.5 Å². The first kappa shape index (κ1) is 20.7. The largest absolute Gasteiger partial charge is 0.496 e. The summed E-state index contributed by atoms with van der Waals surface area (Å²) in [5.74, 6) is -0.431. The maximum Gasteiger partial charge on any atom is 0.338 e. The predicted molar refractivity (Wildman–Crippen MR) is 103 cm³/mol. The van der Waals surface area contributed by atoms with Gasteiger partial charge >= 0.3 is 5.97 Å². The second kappa shape index (κ2) is 9.94. The number of amides is 1. The average molecular weight is 392 g/mol. The lowest BCUT2D eigenvalue weighted by atomic mass is 10.1. The predicted octanol–water partition coefficient (Wildman–Crippen LogP) is 3.99. The molecule has 0 heterocycles. The molecule has 0 atom stereocenters. The normalized spacial score (nSPS) is 10.4. The van der Waals surface area contributed by atoms with Gasteiger partial charge in [-0.25, -0.2) is 4.79 Å². The Morgan fingerprint density at radius 3 is 2.63 bits per heavy atom. The van der Waals surface area contributed by atoms with Crippen molar-refractivity contribution in [2.75, 3.05) is 25.6 Å². The summed E-state index contributed by atoms with van der Waals surface area (Å²) in [7, 11) is 1.55. The van der Waals surface area contributed by atoms with E-state index in [1.807, 2.05) is 13.8 Å². The Hall–Kier alpha value is -2.57. The Bertz CT molecular complexity index is 822. The Kier molecular flexibility index (Phi) is 7.64. The zero-order valence-electron chi connectivity index (χ0n) is 15.5. The molecule has 0 aromatic heterocycles. The summed E-state index contributed by atoms with van der Waals surface area (Å²) in [6.45, 7) is 4.17. The van der Waals surface area contributed by atoms with Crippen LogP contribution in [0.4, 0.5) is 5.69 Å². The summed E-state index contributed by atoms with van der Waals surface area (Å²) in [5.41, 5.74) is 2.48. The maximum absolute atomic E-state index is 12.2. The molecule has 2 aromatic carbocycles. The van der Waals surface area contributed by atoms with Crippen LogP contribution in [-0.4, -0.2) is 32.2 Å². The highest BCUT2D eigenvalue weighted by atomic mass is 35.5. The van der Waals surface area contributed by atoms with Crippen LogP contribution in [0.15, 0.2) is 36.4 Å². The molecule has 0 aliphatic heterocycles. The summed E-state index contributed by atoms with van der Waals surface area (Å²) in [6.07, 6.45) is 0. The number of aryl methyl sites for hydroxylation is 1. The quantitative estimate of drug-likeness (QED) is 0.689. The number of hydrogen-bond donors (Lipinski definition) is 1. The molecule has 6 nitrogen and oxygen atoms in total. The molecule has 0 unspecified atom stereocenters. The van der Waals surface area contributed by atoms with E-state index in [-0.39, 0.29) is 0 Å². The van der Waals surface area contributed by atoms with Gasteiger partial charge in [-0.05, 0) is 49.7 Å². The van der Waals surface area contributed by atoms with Crippen molar-refractivity contribution in [1.29, 1.82) is 0 Å². The van der Waals surface area contributed by atoms with Gasteiger partial charge in [0.05, 0.1) is 19.3 Å². The van der Waals surface area contributed by atoms with Crippen LogP contribution in [0.5, 0.6) is 5.75 Å². The van der Waals surface area contributed by atoms with Gasteiger partial charge in [-0.2, -0.15) is 0 Å². The zero-order chi connectivity index (χ0) is 19.8. The fourth-order valence-corrected chi connectivity index (χ4v) is 2.53. The molecule has 0 spiro atoms. The van der Waals surface area contributed by atoms with E-state index >= 15 is 0 Å². The minimum absolute atomic E-state index is 0.315.